The van der Waals surface area contributed by atoms with Crippen molar-refractivity contribution in [3.8, 4) is 22.6 Å². The minimum atomic E-state index is 0.848. The van der Waals surface area contributed by atoms with Crippen LogP contribution in [0.5, 0.6) is 0 Å². The molecule has 0 radical (unpaired) electrons. The van der Waals surface area contributed by atoms with Gasteiger partial charge < -0.3 is 4.98 Å². The maximum absolute atomic E-state index is 4.41. The highest BCUT2D eigenvalue weighted by molar-refractivity contribution is 9.10. The fraction of sp³-hybridized carbons (Fsp3) is 0. The third kappa shape index (κ3) is 2.07. The molecule has 2 aromatic heterocycles. The molecule has 4 heteroatoms. The van der Waals surface area contributed by atoms with E-state index in [1.165, 1.54) is 0 Å². The van der Waals surface area contributed by atoms with E-state index in [4.69, 9.17) is 0 Å². The Hall–Kier alpha value is -1.94. The maximum atomic E-state index is 4.41. The first-order valence-electron chi connectivity index (χ1n) is 5.55. The first-order valence-corrected chi connectivity index (χ1v) is 6.34. The molecule has 1 aromatic carbocycles. The third-order valence-electron chi connectivity index (χ3n) is 2.68. The van der Waals surface area contributed by atoms with Gasteiger partial charge in [-0.1, -0.05) is 34.1 Å². The van der Waals surface area contributed by atoms with Gasteiger partial charge in [-0.15, -0.1) is 0 Å². The number of rotatable bonds is 2. The summed E-state index contributed by atoms with van der Waals surface area (Å²) in [5.74, 6) is 0.848. The molecule has 0 saturated heterocycles. The fourth-order valence-electron chi connectivity index (χ4n) is 1.78. The molecular weight excluding hydrogens is 290 g/mol. The Kier molecular flexibility index (Phi) is 2.94. The number of pyridine rings is 1. The monoisotopic (exact) mass is 299 g/mol. The molecule has 0 aliphatic heterocycles. The minimum absolute atomic E-state index is 0.848. The zero-order chi connectivity index (χ0) is 12.4. The lowest BCUT2D eigenvalue weighted by Crippen LogP contribution is -1.82. The molecule has 0 atom stereocenters. The predicted octanol–water partition coefficient (Wildman–Crippen LogP) is 3.90. The van der Waals surface area contributed by atoms with Crippen molar-refractivity contribution in [2.24, 2.45) is 0 Å². The van der Waals surface area contributed by atoms with Crippen molar-refractivity contribution in [2.75, 3.05) is 0 Å². The second kappa shape index (κ2) is 4.74. The van der Waals surface area contributed by atoms with E-state index in [1.54, 1.807) is 6.20 Å². The summed E-state index contributed by atoms with van der Waals surface area (Å²) in [4.78, 5) is 11.8. The number of aromatic amines is 1. The van der Waals surface area contributed by atoms with Crippen molar-refractivity contribution in [3.63, 3.8) is 0 Å². The largest absolute Gasteiger partial charge is 0.338 e. The van der Waals surface area contributed by atoms with Crippen molar-refractivity contribution >= 4 is 15.9 Å². The molecule has 0 amide bonds. The summed E-state index contributed by atoms with van der Waals surface area (Å²) in [5.41, 5.74) is 3.05. The molecule has 3 aromatic rings. The third-order valence-corrected chi connectivity index (χ3v) is 3.37. The van der Waals surface area contributed by atoms with Gasteiger partial charge in [-0.2, -0.15) is 0 Å². The van der Waals surface area contributed by atoms with E-state index in [0.29, 0.717) is 0 Å². The smallest absolute Gasteiger partial charge is 0.138 e. The van der Waals surface area contributed by atoms with Gasteiger partial charge in [0.15, 0.2) is 0 Å². The number of imidazole rings is 1. The van der Waals surface area contributed by atoms with Gasteiger partial charge >= 0.3 is 0 Å². The van der Waals surface area contributed by atoms with Crippen LogP contribution in [0.25, 0.3) is 22.6 Å². The Morgan fingerprint density at radius 3 is 2.67 bits per heavy atom. The predicted molar refractivity (Wildman–Crippen MR) is 75.0 cm³/mol. The van der Waals surface area contributed by atoms with Crippen molar-refractivity contribution in [2.45, 2.75) is 0 Å². The molecule has 0 spiro atoms. The van der Waals surface area contributed by atoms with Gasteiger partial charge in [-0.3, -0.25) is 4.98 Å². The van der Waals surface area contributed by atoms with Crippen LogP contribution in [0.4, 0.5) is 0 Å². The summed E-state index contributed by atoms with van der Waals surface area (Å²) in [6.07, 6.45) is 5.40. The lowest BCUT2D eigenvalue weighted by atomic mass is 10.2. The van der Waals surface area contributed by atoms with Crippen LogP contribution in [0.1, 0.15) is 0 Å². The molecule has 18 heavy (non-hydrogen) atoms. The summed E-state index contributed by atoms with van der Waals surface area (Å²) in [6, 6.07) is 11.9. The molecule has 2 heterocycles. The summed E-state index contributed by atoms with van der Waals surface area (Å²) in [7, 11) is 0. The molecule has 0 saturated carbocycles. The van der Waals surface area contributed by atoms with Crippen LogP contribution in [0.3, 0.4) is 0 Å². The van der Waals surface area contributed by atoms with Crippen molar-refractivity contribution in [1.82, 2.24) is 15.0 Å². The van der Waals surface area contributed by atoms with E-state index in [2.05, 4.69) is 30.9 Å². The molecule has 0 aliphatic carbocycles. The SMILES string of the molecule is Brc1ccccc1-c1ncc(-c2cccnc2)[nH]1. The van der Waals surface area contributed by atoms with Gasteiger partial charge in [0.1, 0.15) is 5.82 Å². The zero-order valence-electron chi connectivity index (χ0n) is 9.47. The molecule has 3 rings (SSSR count). The highest BCUT2D eigenvalue weighted by Crippen LogP contribution is 2.27. The Labute approximate surface area is 113 Å². The fourth-order valence-corrected chi connectivity index (χ4v) is 2.25. The van der Waals surface area contributed by atoms with Crippen LogP contribution < -0.4 is 0 Å². The maximum Gasteiger partial charge on any atom is 0.138 e. The number of nitrogens with one attached hydrogen (secondary N) is 1. The quantitative estimate of drug-likeness (QED) is 0.780. The molecule has 0 aliphatic rings. The molecular formula is C14H10BrN3. The zero-order valence-corrected chi connectivity index (χ0v) is 11.1. The van der Waals surface area contributed by atoms with E-state index in [-0.39, 0.29) is 0 Å². The first kappa shape index (κ1) is 11.2. The average Bonchev–Trinajstić information content (AvgIpc) is 2.90. The Morgan fingerprint density at radius 1 is 1.00 bits per heavy atom. The Morgan fingerprint density at radius 2 is 1.89 bits per heavy atom. The normalized spacial score (nSPS) is 10.5. The number of aromatic nitrogens is 3. The lowest BCUT2D eigenvalue weighted by Gasteiger charge is -2.00. The van der Waals surface area contributed by atoms with Crippen LogP contribution in [0.15, 0.2) is 59.5 Å². The number of halogens is 1. The summed E-state index contributed by atoms with van der Waals surface area (Å²) in [6.45, 7) is 0. The van der Waals surface area contributed by atoms with Crippen molar-refractivity contribution < 1.29 is 0 Å². The van der Waals surface area contributed by atoms with E-state index in [9.17, 15) is 0 Å². The molecule has 3 nitrogen and oxygen atoms in total. The summed E-state index contributed by atoms with van der Waals surface area (Å²) >= 11 is 3.53. The van der Waals surface area contributed by atoms with Crippen molar-refractivity contribution in [1.29, 1.82) is 0 Å². The van der Waals surface area contributed by atoms with E-state index >= 15 is 0 Å². The molecule has 88 valence electrons. The van der Waals surface area contributed by atoms with Gasteiger partial charge in [0.2, 0.25) is 0 Å². The molecule has 0 bridgehead atoms. The number of H-pyrrole nitrogens is 1. The van der Waals surface area contributed by atoms with Crippen LogP contribution in [-0.4, -0.2) is 15.0 Å². The van der Waals surface area contributed by atoms with Crippen LogP contribution >= 0.6 is 15.9 Å². The van der Waals surface area contributed by atoms with Crippen LogP contribution in [0.2, 0.25) is 0 Å². The number of hydrogen-bond acceptors (Lipinski definition) is 2. The van der Waals surface area contributed by atoms with E-state index < -0.39 is 0 Å². The van der Waals surface area contributed by atoms with Gasteiger partial charge in [0.05, 0.1) is 11.9 Å². The van der Waals surface area contributed by atoms with Crippen LogP contribution in [0, 0.1) is 0 Å². The summed E-state index contributed by atoms with van der Waals surface area (Å²) in [5, 5.41) is 0. The molecule has 1 N–H and O–H groups in total. The van der Waals surface area contributed by atoms with E-state index in [1.807, 2.05) is 48.8 Å². The Bertz CT molecular complexity index is 662. The second-order valence-corrected chi connectivity index (χ2v) is 4.72. The van der Waals surface area contributed by atoms with Crippen molar-refractivity contribution in [3.05, 3.63) is 59.5 Å². The minimum Gasteiger partial charge on any atom is -0.338 e. The Balaban J connectivity index is 2.03. The standard InChI is InChI=1S/C14H10BrN3/c15-12-6-2-1-5-11(12)14-17-9-13(18-14)10-4-3-7-16-8-10/h1-9H,(H,17,18). The molecule has 0 fully saturated rings. The highest BCUT2D eigenvalue weighted by atomic mass is 79.9. The van der Waals surface area contributed by atoms with E-state index in [0.717, 1.165) is 27.1 Å². The average molecular weight is 300 g/mol. The number of benzene rings is 1. The molecule has 0 unspecified atom stereocenters. The summed E-state index contributed by atoms with van der Waals surface area (Å²) < 4.78 is 1.03. The van der Waals surface area contributed by atoms with Crippen LogP contribution in [-0.2, 0) is 0 Å². The van der Waals surface area contributed by atoms with Gasteiger partial charge in [-0.05, 0) is 18.2 Å². The first-order chi connectivity index (χ1) is 8.84. The number of nitrogens with zero attached hydrogens (tertiary/aromatic N) is 2. The van der Waals surface area contributed by atoms with Gasteiger partial charge in [0, 0.05) is 28.0 Å². The van der Waals surface area contributed by atoms with Gasteiger partial charge in [0.25, 0.3) is 0 Å². The van der Waals surface area contributed by atoms with Gasteiger partial charge in [-0.25, -0.2) is 4.98 Å². The highest BCUT2D eigenvalue weighted by Gasteiger charge is 2.07. The topological polar surface area (TPSA) is 41.6 Å². The number of hydrogen-bond donors (Lipinski definition) is 1. The lowest BCUT2D eigenvalue weighted by molar-refractivity contribution is 1.29. The second-order valence-electron chi connectivity index (χ2n) is 3.87.